The van der Waals surface area contributed by atoms with Crippen LogP contribution in [0.1, 0.15) is 15.9 Å². The van der Waals surface area contributed by atoms with Crippen molar-refractivity contribution in [2.45, 2.75) is 0 Å². The Morgan fingerprint density at radius 1 is 1.42 bits per heavy atom. The van der Waals surface area contributed by atoms with E-state index in [0.29, 0.717) is 0 Å². The van der Waals surface area contributed by atoms with E-state index in [0.717, 1.165) is 12.1 Å². The van der Waals surface area contributed by atoms with Crippen molar-refractivity contribution in [1.29, 1.82) is 5.26 Å². The van der Waals surface area contributed by atoms with Crippen LogP contribution >= 0.6 is 11.6 Å². The van der Waals surface area contributed by atoms with E-state index in [9.17, 15) is 9.18 Å². The van der Waals surface area contributed by atoms with Gasteiger partial charge in [-0.05, 0) is 24.3 Å². The second-order valence-corrected chi connectivity index (χ2v) is 4.02. The zero-order valence-corrected chi connectivity index (χ0v) is 10.3. The molecule has 94 valence electrons. The summed E-state index contributed by atoms with van der Waals surface area (Å²) < 4.78 is 13.0. The van der Waals surface area contributed by atoms with Gasteiger partial charge in [-0.25, -0.2) is 4.39 Å². The standard InChI is InChI=1S/C13H7ClFN3O/c14-11-3-4-17-7-10(11)13(19)18-12-2-1-9(15)5-8(12)6-16/h1-5,7H,(H,18,19). The van der Waals surface area contributed by atoms with Crippen molar-refractivity contribution in [1.82, 2.24) is 4.98 Å². The summed E-state index contributed by atoms with van der Waals surface area (Å²) in [7, 11) is 0. The number of anilines is 1. The normalized spacial score (nSPS) is 9.74. The van der Waals surface area contributed by atoms with Gasteiger partial charge in [0.2, 0.25) is 0 Å². The second-order valence-electron chi connectivity index (χ2n) is 3.61. The summed E-state index contributed by atoms with van der Waals surface area (Å²) >= 11 is 5.86. The second kappa shape index (κ2) is 5.46. The summed E-state index contributed by atoms with van der Waals surface area (Å²) in [5, 5.41) is 11.6. The minimum atomic E-state index is -0.547. The van der Waals surface area contributed by atoms with E-state index < -0.39 is 11.7 Å². The molecule has 2 rings (SSSR count). The highest BCUT2D eigenvalue weighted by molar-refractivity contribution is 6.34. The summed E-state index contributed by atoms with van der Waals surface area (Å²) in [6, 6.07) is 6.79. The zero-order chi connectivity index (χ0) is 13.8. The fraction of sp³-hybridized carbons (Fsp3) is 0. The molecule has 0 saturated carbocycles. The Morgan fingerprint density at radius 2 is 2.21 bits per heavy atom. The molecule has 0 radical (unpaired) electrons. The number of halogens is 2. The van der Waals surface area contributed by atoms with E-state index in [1.165, 1.54) is 24.5 Å². The van der Waals surface area contributed by atoms with Gasteiger partial charge < -0.3 is 5.32 Å². The first-order valence-corrected chi connectivity index (χ1v) is 5.60. The first kappa shape index (κ1) is 13.0. The van der Waals surface area contributed by atoms with E-state index >= 15 is 0 Å². The lowest BCUT2D eigenvalue weighted by atomic mass is 10.1. The van der Waals surface area contributed by atoms with Crippen LogP contribution in [-0.4, -0.2) is 10.9 Å². The molecule has 0 aliphatic heterocycles. The van der Waals surface area contributed by atoms with Crippen LogP contribution in [0.25, 0.3) is 0 Å². The first-order valence-electron chi connectivity index (χ1n) is 5.22. The van der Waals surface area contributed by atoms with Crippen LogP contribution < -0.4 is 5.32 Å². The number of amides is 1. The molecule has 0 atom stereocenters. The maximum absolute atomic E-state index is 13.0. The van der Waals surface area contributed by atoms with Crippen LogP contribution in [0, 0.1) is 17.1 Å². The molecule has 0 aliphatic carbocycles. The van der Waals surface area contributed by atoms with Crippen molar-refractivity contribution in [3.05, 3.63) is 58.6 Å². The maximum atomic E-state index is 13.0. The quantitative estimate of drug-likeness (QED) is 0.916. The molecular weight excluding hydrogens is 269 g/mol. The number of benzene rings is 1. The Hall–Kier alpha value is -2.45. The molecule has 0 spiro atoms. The van der Waals surface area contributed by atoms with Crippen molar-refractivity contribution in [3.63, 3.8) is 0 Å². The summed E-state index contributed by atoms with van der Waals surface area (Å²) in [5.74, 6) is -1.06. The maximum Gasteiger partial charge on any atom is 0.258 e. The van der Waals surface area contributed by atoms with E-state index in [-0.39, 0.29) is 21.8 Å². The smallest absolute Gasteiger partial charge is 0.258 e. The lowest BCUT2D eigenvalue weighted by molar-refractivity contribution is 0.102. The Kier molecular flexibility index (Phi) is 3.74. The van der Waals surface area contributed by atoms with Gasteiger partial charge in [0.1, 0.15) is 11.9 Å². The number of aromatic nitrogens is 1. The SMILES string of the molecule is N#Cc1cc(F)ccc1NC(=O)c1cnccc1Cl. The van der Waals surface area contributed by atoms with E-state index in [2.05, 4.69) is 10.3 Å². The molecule has 0 fully saturated rings. The van der Waals surface area contributed by atoms with Gasteiger partial charge in [0.05, 0.1) is 21.8 Å². The van der Waals surface area contributed by atoms with Gasteiger partial charge in [0.15, 0.2) is 0 Å². The number of hydrogen-bond acceptors (Lipinski definition) is 3. The third kappa shape index (κ3) is 2.87. The largest absolute Gasteiger partial charge is 0.321 e. The van der Waals surface area contributed by atoms with Crippen LogP contribution in [0.15, 0.2) is 36.7 Å². The molecule has 1 aromatic heterocycles. The Balaban J connectivity index is 2.30. The van der Waals surface area contributed by atoms with Gasteiger partial charge in [0, 0.05) is 12.4 Å². The zero-order valence-electron chi connectivity index (χ0n) is 9.52. The summed E-state index contributed by atoms with van der Waals surface area (Å²) in [5.41, 5.74) is 0.430. The molecule has 0 aliphatic rings. The highest BCUT2D eigenvalue weighted by atomic mass is 35.5. The summed E-state index contributed by atoms with van der Waals surface area (Å²) in [6.45, 7) is 0. The minimum Gasteiger partial charge on any atom is -0.321 e. The topological polar surface area (TPSA) is 65.8 Å². The van der Waals surface area contributed by atoms with Gasteiger partial charge in [-0.1, -0.05) is 11.6 Å². The lowest BCUT2D eigenvalue weighted by Crippen LogP contribution is -2.13. The molecule has 6 heteroatoms. The van der Waals surface area contributed by atoms with Crippen molar-refractivity contribution in [2.24, 2.45) is 0 Å². The number of nitriles is 1. The molecule has 0 unspecified atom stereocenters. The third-order valence-electron chi connectivity index (χ3n) is 2.36. The lowest BCUT2D eigenvalue weighted by Gasteiger charge is -2.07. The van der Waals surface area contributed by atoms with Gasteiger partial charge in [-0.2, -0.15) is 5.26 Å². The Morgan fingerprint density at radius 3 is 2.89 bits per heavy atom. The minimum absolute atomic E-state index is 0.0355. The Labute approximate surface area is 113 Å². The molecule has 0 saturated heterocycles. The molecule has 1 aromatic carbocycles. The number of pyridine rings is 1. The highest BCUT2D eigenvalue weighted by Gasteiger charge is 2.12. The van der Waals surface area contributed by atoms with Crippen molar-refractivity contribution in [3.8, 4) is 6.07 Å². The van der Waals surface area contributed by atoms with Crippen LogP contribution in [-0.2, 0) is 0 Å². The first-order chi connectivity index (χ1) is 9.11. The Bertz CT molecular complexity index is 682. The van der Waals surface area contributed by atoms with Crippen molar-refractivity contribution < 1.29 is 9.18 Å². The average Bonchev–Trinajstić information content (AvgIpc) is 2.41. The highest BCUT2D eigenvalue weighted by Crippen LogP contribution is 2.19. The van der Waals surface area contributed by atoms with E-state index in [1.54, 1.807) is 6.07 Å². The van der Waals surface area contributed by atoms with Gasteiger partial charge >= 0.3 is 0 Å². The predicted octanol–water partition coefficient (Wildman–Crippen LogP) is 3.00. The van der Waals surface area contributed by atoms with Gasteiger partial charge in [-0.15, -0.1) is 0 Å². The molecule has 0 bridgehead atoms. The van der Waals surface area contributed by atoms with Crippen LogP contribution in [0.5, 0.6) is 0 Å². The number of nitrogens with one attached hydrogen (secondary N) is 1. The predicted molar refractivity (Wildman–Crippen MR) is 68.3 cm³/mol. The summed E-state index contributed by atoms with van der Waals surface area (Å²) in [6.07, 6.45) is 2.77. The average molecular weight is 276 g/mol. The molecule has 1 amide bonds. The van der Waals surface area contributed by atoms with Crippen LogP contribution in [0.4, 0.5) is 10.1 Å². The number of nitrogens with zero attached hydrogens (tertiary/aromatic N) is 2. The number of carbonyl (C=O) groups excluding carboxylic acids is 1. The fourth-order valence-corrected chi connectivity index (χ4v) is 1.64. The van der Waals surface area contributed by atoms with E-state index in [1.807, 2.05) is 0 Å². The molecular formula is C13H7ClFN3O. The summed E-state index contributed by atoms with van der Waals surface area (Å²) in [4.78, 5) is 15.7. The van der Waals surface area contributed by atoms with Gasteiger partial charge in [-0.3, -0.25) is 9.78 Å². The molecule has 1 heterocycles. The van der Waals surface area contributed by atoms with Crippen molar-refractivity contribution in [2.75, 3.05) is 5.32 Å². The third-order valence-corrected chi connectivity index (χ3v) is 2.69. The molecule has 4 nitrogen and oxygen atoms in total. The molecule has 1 N–H and O–H groups in total. The fourth-order valence-electron chi connectivity index (χ4n) is 1.45. The van der Waals surface area contributed by atoms with Crippen LogP contribution in [0.2, 0.25) is 5.02 Å². The number of carbonyl (C=O) groups is 1. The number of hydrogen-bond donors (Lipinski definition) is 1. The van der Waals surface area contributed by atoms with Gasteiger partial charge in [0.25, 0.3) is 5.91 Å². The van der Waals surface area contributed by atoms with E-state index in [4.69, 9.17) is 16.9 Å². The van der Waals surface area contributed by atoms with Crippen molar-refractivity contribution >= 4 is 23.2 Å². The number of rotatable bonds is 2. The van der Waals surface area contributed by atoms with Crippen LogP contribution in [0.3, 0.4) is 0 Å². The molecule has 2 aromatic rings. The monoisotopic (exact) mass is 275 g/mol. The molecule has 19 heavy (non-hydrogen) atoms.